The van der Waals surface area contributed by atoms with Crippen molar-refractivity contribution in [1.29, 1.82) is 0 Å². The average molecular weight is 331 g/mol. The van der Waals surface area contributed by atoms with E-state index in [4.69, 9.17) is 4.74 Å². The van der Waals surface area contributed by atoms with Gasteiger partial charge in [-0.2, -0.15) is 0 Å². The van der Waals surface area contributed by atoms with Crippen LogP contribution in [0.2, 0.25) is 0 Å². The van der Waals surface area contributed by atoms with Crippen molar-refractivity contribution in [1.82, 2.24) is 4.90 Å². The van der Waals surface area contributed by atoms with Crippen molar-refractivity contribution in [2.24, 2.45) is 11.8 Å². The minimum Gasteiger partial charge on any atom is -0.458 e. The fourth-order valence-corrected chi connectivity index (χ4v) is 4.31. The van der Waals surface area contributed by atoms with Crippen LogP contribution in [-0.4, -0.2) is 47.3 Å². The molecule has 4 fully saturated rings. The average Bonchev–Trinajstić information content (AvgIpc) is 2.61. The number of carbonyl (C=O) groups is 1. The Kier molecular flexibility index (Phi) is 5.32. The zero-order valence-corrected chi connectivity index (χ0v) is 14.7. The molecule has 3 aliphatic heterocycles. The number of fused-ring (bicyclic) bond motifs is 3. The minimum atomic E-state index is -1.69. The van der Waals surface area contributed by atoms with Crippen molar-refractivity contribution >= 4 is 5.97 Å². The zero-order chi connectivity index (χ0) is 17.2. The Morgan fingerprint density at radius 2 is 1.88 bits per heavy atom. The van der Waals surface area contributed by atoms with Crippen LogP contribution < -0.4 is 0 Å². The second-order valence-electron chi connectivity index (χ2n) is 7.71. The highest BCUT2D eigenvalue weighted by molar-refractivity contribution is 5.84. The summed E-state index contributed by atoms with van der Waals surface area (Å²) in [5.74, 6) is 5.41. The van der Waals surface area contributed by atoms with Gasteiger partial charge in [0.1, 0.15) is 6.10 Å². The number of hydrogen-bond donors (Lipinski definition) is 1. The number of rotatable bonds is 3. The van der Waals surface area contributed by atoms with Gasteiger partial charge in [0.05, 0.1) is 0 Å². The van der Waals surface area contributed by atoms with E-state index < -0.39 is 11.6 Å². The topological polar surface area (TPSA) is 49.8 Å². The van der Waals surface area contributed by atoms with Crippen molar-refractivity contribution in [3.8, 4) is 11.8 Å². The molecular formula is C20H29NO3. The largest absolute Gasteiger partial charge is 0.458 e. The standard InChI is InChI=1S/C20H29NO3/c1-15(2)8-11-20(23,17-6-4-3-5-7-17)19(22)24-18-14-21-12-9-16(18)10-13-21/h16-18,23H,1,3-7,9-10,12-14H2,2H3/t18-,20-/m0/s1. The Morgan fingerprint density at radius 1 is 1.21 bits per heavy atom. The lowest BCUT2D eigenvalue weighted by Gasteiger charge is -2.45. The predicted molar refractivity (Wildman–Crippen MR) is 93.2 cm³/mol. The van der Waals surface area contributed by atoms with Gasteiger partial charge in [0.25, 0.3) is 0 Å². The Balaban J connectivity index is 1.75. The summed E-state index contributed by atoms with van der Waals surface area (Å²) in [5, 5.41) is 11.2. The monoisotopic (exact) mass is 331 g/mol. The van der Waals surface area contributed by atoms with Crippen molar-refractivity contribution in [3.63, 3.8) is 0 Å². The van der Waals surface area contributed by atoms with Crippen molar-refractivity contribution in [2.45, 2.75) is 63.6 Å². The number of hydrogen-bond acceptors (Lipinski definition) is 4. The van der Waals surface area contributed by atoms with Gasteiger partial charge >= 0.3 is 5.97 Å². The molecule has 2 bridgehead atoms. The van der Waals surface area contributed by atoms with Crippen molar-refractivity contribution in [3.05, 3.63) is 12.2 Å². The van der Waals surface area contributed by atoms with Crippen LogP contribution in [0.25, 0.3) is 0 Å². The van der Waals surface area contributed by atoms with Crippen LogP contribution in [0.15, 0.2) is 12.2 Å². The molecule has 3 saturated heterocycles. The smallest absolute Gasteiger partial charge is 0.351 e. The van der Waals surface area contributed by atoms with E-state index in [1.807, 2.05) is 0 Å². The molecule has 0 aromatic carbocycles. The first-order valence-corrected chi connectivity index (χ1v) is 9.33. The summed E-state index contributed by atoms with van der Waals surface area (Å²) in [6.45, 7) is 8.54. The van der Waals surface area contributed by atoms with E-state index in [0.717, 1.165) is 64.6 Å². The van der Waals surface area contributed by atoms with Gasteiger partial charge in [0.15, 0.2) is 0 Å². The normalized spacial score (nSPS) is 32.3. The third-order valence-electron chi connectivity index (χ3n) is 5.83. The molecular weight excluding hydrogens is 302 g/mol. The van der Waals surface area contributed by atoms with Gasteiger partial charge in [0.2, 0.25) is 5.60 Å². The Labute approximate surface area is 145 Å². The van der Waals surface area contributed by atoms with Gasteiger partial charge < -0.3 is 9.84 Å². The molecule has 132 valence electrons. The number of carbonyl (C=O) groups excluding carboxylic acids is 1. The summed E-state index contributed by atoms with van der Waals surface area (Å²) in [4.78, 5) is 15.2. The molecule has 2 atom stereocenters. The van der Waals surface area contributed by atoms with Gasteiger partial charge in [-0.25, -0.2) is 4.79 Å². The van der Waals surface area contributed by atoms with Gasteiger partial charge in [-0.05, 0) is 57.2 Å². The fraction of sp³-hybridized carbons (Fsp3) is 0.750. The molecule has 0 aromatic rings. The highest BCUT2D eigenvalue weighted by Gasteiger charge is 2.47. The molecule has 4 heteroatoms. The van der Waals surface area contributed by atoms with Crippen LogP contribution in [0, 0.1) is 23.7 Å². The maximum Gasteiger partial charge on any atom is 0.351 e. The van der Waals surface area contributed by atoms with E-state index in [1.54, 1.807) is 6.92 Å². The number of nitrogens with zero attached hydrogens (tertiary/aromatic N) is 1. The van der Waals surface area contributed by atoms with Crippen LogP contribution in [0.4, 0.5) is 0 Å². The first-order valence-electron chi connectivity index (χ1n) is 9.33. The van der Waals surface area contributed by atoms with Crippen molar-refractivity contribution < 1.29 is 14.6 Å². The second kappa shape index (κ2) is 7.29. The first-order chi connectivity index (χ1) is 11.5. The number of aliphatic hydroxyl groups is 1. The maximum absolute atomic E-state index is 12.9. The summed E-state index contributed by atoms with van der Waals surface area (Å²) in [7, 11) is 0. The molecule has 1 saturated carbocycles. The molecule has 4 aliphatic rings. The summed E-state index contributed by atoms with van der Waals surface area (Å²) < 4.78 is 5.81. The highest BCUT2D eigenvalue weighted by Crippen LogP contribution is 2.36. The van der Waals surface area contributed by atoms with E-state index in [0.29, 0.717) is 11.5 Å². The number of ether oxygens (including phenoxy) is 1. The van der Waals surface area contributed by atoms with Crippen LogP contribution in [0.3, 0.4) is 0 Å². The second-order valence-corrected chi connectivity index (χ2v) is 7.71. The summed E-state index contributed by atoms with van der Waals surface area (Å²) in [6, 6.07) is 0. The van der Waals surface area contributed by atoms with Crippen LogP contribution in [-0.2, 0) is 9.53 Å². The number of piperidine rings is 3. The van der Waals surface area contributed by atoms with E-state index in [2.05, 4.69) is 23.3 Å². The first kappa shape index (κ1) is 17.5. The molecule has 24 heavy (non-hydrogen) atoms. The number of allylic oxidation sites excluding steroid dienone is 1. The molecule has 1 aliphatic carbocycles. The lowest BCUT2D eigenvalue weighted by atomic mass is 9.77. The van der Waals surface area contributed by atoms with E-state index in [9.17, 15) is 9.90 Å². The summed E-state index contributed by atoms with van der Waals surface area (Å²) in [6.07, 6.45) is 6.96. The van der Waals surface area contributed by atoms with E-state index >= 15 is 0 Å². The SMILES string of the molecule is C=C(C)C#C[C@@](O)(C(=O)O[C@H]1CN2CCC1CC2)C1CCCCC1. The third kappa shape index (κ3) is 3.68. The van der Waals surface area contributed by atoms with E-state index in [1.165, 1.54) is 0 Å². The Bertz CT molecular complexity index is 547. The highest BCUT2D eigenvalue weighted by atomic mass is 16.6. The molecule has 0 unspecified atom stereocenters. The molecule has 1 N–H and O–H groups in total. The minimum absolute atomic E-state index is 0.0956. The van der Waals surface area contributed by atoms with Crippen LogP contribution >= 0.6 is 0 Å². The van der Waals surface area contributed by atoms with Gasteiger partial charge in [-0.15, -0.1) is 0 Å². The van der Waals surface area contributed by atoms with Gasteiger partial charge in [0, 0.05) is 12.5 Å². The lowest BCUT2D eigenvalue weighted by Crippen LogP contribution is -2.55. The van der Waals surface area contributed by atoms with Gasteiger partial charge in [-0.1, -0.05) is 37.7 Å². The quantitative estimate of drug-likeness (QED) is 0.638. The molecule has 0 spiro atoms. The summed E-state index contributed by atoms with van der Waals surface area (Å²) >= 11 is 0. The fourth-order valence-electron chi connectivity index (χ4n) is 4.31. The molecule has 0 amide bonds. The number of esters is 1. The van der Waals surface area contributed by atoms with E-state index in [-0.39, 0.29) is 12.0 Å². The Morgan fingerprint density at radius 3 is 2.42 bits per heavy atom. The van der Waals surface area contributed by atoms with Crippen LogP contribution in [0.1, 0.15) is 51.9 Å². The van der Waals surface area contributed by atoms with Crippen molar-refractivity contribution in [2.75, 3.05) is 19.6 Å². The predicted octanol–water partition coefficient (Wildman–Crippen LogP) is 2.51. The Hall–Kier alpha value is -1.31. The third-order valence-corrected chi connectivity index (χ3v) is 5.83. The van der Waals surface area contributed by atoms with Gasteiger partial charge in [-0.3, -0.25) is 4.90 Å². The molecule has 3 heterocycles. The maximum atomic E-state index is 12.9. The molecule has 0 aromatic heterocycles. The summed E-state index contributed by atoms with van der Waals surface area (Å²) in [5.41, 5.74) is -1.04. The molecule has 4 rings (SSSR count). The zero-order valence-electron chi connectivity index (χ0n) is 14.7. The molecule has 4 nitrogen and oxygen atoms in total. The lowest BCUT2D eigenvalue weighted by molar-refractivity contribution is -0.180. The van der Waals surface area contributed by atoms with Crippen LogP contribution in [0.5, 0.6) is 0 Å². The molecule has 0 radical (unpaired) electrons.